The molecule has 2 amide bonds. The number of carbonyl (C=O) groups is 2. The van der Waals surface area contributed by atoms with E-state index in [2.05, 4.69) is 5.32 Å². The molecule has 9 heteroatoms. The number of methoxy groups -OCH3 is 1. The summed E-state index contributed by atoms with van der Waals surface area (Å²) in [6, 6.07) is 21.4. The van der Waals surface area contributed by atoms with E-state index in [9.17, 15) is 18.0 Å². The number of aryl methyl sites for hydroxylation is 1. The summed E-state index contributed by atoms with van der Waals surface area (Å²) in [7, 11) is -1.01. The summed E-state index contributed by atoms with van der Waals surface area (Å²) in [6.45, 7) is 3.27. The molecule has 0 aromatic heterocycles. The molecule has 3 aromatic carbocycles. The fourth-order valence-electron chi connectivity index (χ4n) is 3.87. The zero-order chi connectivity index (χ0) is 27.0. The molecule has 1 N–H and O–H groups in total. The van der Waals surface area contributed by atoms with Gasteiger partial charge in [-0.2, -0.15) is 0 Å². The lowest BCUT2D eigenvalue weighted by molar-refractivity contribution is -0.139. The molecule has 8 nitrogen and oxygen atoms in total. The molecule has 3 aromatic rings. The molecule has 3 rings (SSSR count). The van der Waals surface area contributed by atoms with Gasteiger partial charge in [0, 0.05) is 13.6 Å². The molecule has 1 atom stereocenters. The van der Waals surface area contributed by atoms with Crippen LogP contribution in [0.5, 0.6) is 5.75 Å². The summed E-state index contributed by atoms with van der Waals surface area (Å²) >= 11 is 0. The molecule has 37 heavy (non-hydrogen) atoms. The number of nitrogens with zero attached hydrogens (tertiary/aromatic N) is 2. The van der Waals surface area contributed by atoms with Crippen LogP contribution in [0.3, 0.4) is 0 Å². The second-order valence-corrected chi connectivity index (χ2v) is 10.4. The third kappa shape index (κ3) is 6.68. The molecule has 1 unspecified atom stereocenters. The van der Waals surface area contributed by atoms with Crippen LogP contribution >= 0.6 is 0 Å². The van der Waals surface area contributed by atoms with Crippen molar-refractivity contribution in [1.29, 1.82) is 0 Å². The van der Waals surface area contributed by atoms with Crippen LogP contribution in [0.2, 0.25) is 0 Å². The summed E-state index contributed by atoms with van der Waals surface area (Å²) in [6.07, 6.45) is 0.796. The highest BCUT2D eigenvalue weighted by molar-refractivity contribution is 7.92. The van der Waals surface area contributed by atoms with Gasteiger partial charge in [0.15, 0.2) is 0 Å². The zero-order valence-electron chi connectivity index (χ0n) is 21.5. The SMILES string of the molecule is CCc1ccc(N(CC(=O)N(Cc2ccc(OC)cc2)C(C)C(=O)NC)S(=O)(=O)c2ccccc2)cc1. The highest BCUT2D eigenvalue weighted by Gasteiger charge is 2.32. The van der Waals surface area contributed by atoms with Gasteiger partial charge in [-0.3, -0.25) is 13.9 Å². The first-order valence-corrected chi connectivity index (χ1v) is 13.5. The number of sulfonamides is 1. The number of hydrogen-bond acceptors (Lipinski definition) is 5. The molecule has 0 aliphatic rings. The van der Waals surface area contributed by atoms with E-state index in [1.54, 1.807) is 68.6 Å². The lowest BCUT2D eigenvalue weighted by Crippen LogP contribution is -2.50. The Bertz CT molecular complexity index is 1290. The second-order valence-electron chi connectivity index (χ2n) is 8.50. The average molecular weight is 524 g/mol. The van der Waals surface area contributed by atoms with Crippen molar-refractivity contribution < 1.29 is 22.7 Å². The Morgan fingerprint density at radius 1 is 0.919 bits per heavy atom. The number of ether oxygens (including phenoxy) is 1. The normalized spacial score (nSPS) is 11.9. The van der Waals surface area contributed by atoms with Crippen molar-refractivity contribution in [2.45, 2.75) is 37.8 Å². The number of rotatable bonds is 11. The van der Waals surface area contributed by atoms with Crippen molar-refractivity contribution in [2.75, 3.05) is 25.0 Å². The highest BCUT2D eigenvalue weighted by Crippen LogP contribution is 2.25. The number of hydrogen-bond donors (Lipinski definition) is 1. The molecular weight excluding hydrogens is 490 g/mol. The van der Waals surface area contributed by atoms with Crippen LogP contribution in [0, 0.1) is 0 Å². The molecule has 0 heterocycles. The summed E-state index contributed by atoms with van der Waals surface area (Å²) in [4.78, 5) is 27.7. The summed E-state index contributed by atoms with van der Waals surface area (Å²) in [5.74, 6) is -0.200. The number of nitrogens with one attached hydrogen (secondary N) is 1. The average Bonchev–Trinajstić information content (AvgIpc) is 2.94. The molecule has 0 saturated carbocycles. The van der Waals surface area contributed by atoms with Gasteiger partial charge in [-0.1, -0.05) is 49.4 Å². The van der Waals surface area contributed by atoms with Gasteiger partial charge >= 0.3 is 0 Å². The summed E-state index contributed by atoms with van der Waals surface area (Å²) < 4.78 is 33.7. The van der Waals surface area contributed by atoms with Crippen LogP contribution in [0.4, 0.5) is 5.69 Å². The van der Waals surface area contributed by atoms with E-state index in [4.69, 9.17) is 4.74 Å². The minimum atomic E-state index is -4.07. The van der Waals surface area contributed by atoms with Gasteiger partial charge < -0.3 is 15.0 Å². The molecule has 196 valence electrons. The minimum absolute atomic E-state index is 0.0726. The maximum absolute atomic E-state index is 13.7. The van der Waals surface area contributed by atoms with E-state index in [1.165, 1.54) is 24.1 Å². The van der Waals surface area contributed by atoms with E-state index in [1.807, 2.05) is 19.1 Å². The molecule has 0 spiro atoms. The largest absolute Gasteiger partial charge is 0.497 e. The third-order valence-corrected chi connectivity index (χ3v) is 7.96. The third-order valence-electron chi connectivity index (χ3n) is 6.17. The van der Waals surface area contributed by atoms with Crippen molar-refractivity contribution in [3.8, 4) is 5.75 Å². The lowest BCUT2D eigenvalue weighted by atomic mass is 10.1. The van der Waals surface area contributed by atoms with Gasteiger partial charge in [0.05, 0.1) is 17.7 Å². The van der Waals surface area contributed by atoms with Crippen molar-refractivity contribution >= 4 is 27.5 Å². The van der Waals surface area contributed by atoms with E-state index in [0.717, 1.165) is 21.9 Å². The first kappa shape index (κ1) is 27.7. The number of carbonyl (C=O) groups excluding carboxylic acids is 2. The summed E-state index contributed by atoms with van der Waals surface area (Å²) in [5.41, 5.74) is 2.18. The maximum atomic E-state index is 13.7. The Morgan fingerprint density at radius 3 is 2.05 bits per heavy atom. The number of amides is 2. The van der Waals surface area contributed by atoms with Gasteiger partial charge in [-0.25, -0.2) is 8.42 Å². The van der Waals surface area contributed by atoms with Crippen molar-refractivity contribution in [3.63, 3.8) is 0 Å². The molecule has 0 aliphatic heterocycles. The molecular formula is C28H33N3O5S. The maximum Gasteiger partial charge on any atom is 0.264 e. The van der Waals surface area contributed by atoms with E-state index in [-0.39, 0.29) is 17.3 Å². The van der Waals surface area contributed by atoms with Gasteiger partial charge in [0.25, 0.3) is 10.0 Å². The van der Waals surface area contributed by atoms with E-state index in [0.29, 0.717) is 11.4 Å². The van der Waals surface area contributed by atoms with Crippen LogP contribution in [0.15, 0.2) is 83.8 Å². The molecule has 0 radical (unpaired) electrons. The molecule has 0 fully saturated rings. The Morgan fingerprint density at radius 2 is 1.51 bits per heavy atom. The molecule has 0 saturated heterocycles. The standard InChI is InChI=1S/C28H33N3O5S/c1-5-22-11-15-24(16-12-22)31(37(34,35)26-9-7-6-8-10-26)20-27(32)30(21(2)28(33)29-3)19-23-13-17-25(36-4)18-14-23/h6-18,21H,5,19-20H2,1-4H3,(H,29,33). The lowest BCUT2D eigenvalue weighted by Gasteiger charge is -2.31. The highest BCUT2D eigenvalue weighted by atomic mass is 32.2. The van der Waals surface area contributed by atoms with Crippen LogP contribution in [0.1, 0.15) is 25.0 Å². The van der Waals surface area contributed by atoms with Gasteiger partial charge in [-0.05, 0) is 60.9 Å². The monoisotopic (exact) mass is 523 g/mol. The fraction of sp³-hybridized carbons (Fsp3) is 0.286. The van der Waals surface area contributed by atoms with Gasteiger partial charge in [-0.15, -0.1) is 0 Å². The van der Waals surface area contributed by atoms with Crippen LogP contribution in [-0.4, -0.2) is 51.9 Å². The van der Waals surface area contributed by atoms with Crippen LogP contribution in [-0.2, 0) is 32.6 Å². The predicted molar refractivity (Wildman–Crippen MR) is 144 cm³/mol. The van der Waals surface area contributed by atoms with Gasteiger partial charge in [0.1, 0.15) is 18.3 Å². The Labute approximate surface area is 218 Å². The van der Waals surface area contributed by atoms with Crippen LogP contribution in [0.25, 0.3) is 0 Å². The van der Waals surface area contributed by atoms with Crippen molar-refractivity contribution in [2.24, 2.45) is 0 Å². The van der Waals surface area contributed by atoms with Gasteiger partial charge in [0.2, 0.25) is 11.8 Å². The first-order chi connectivity index (χ1) is 17.7. The minimum Gasteiger partial charge on any atom is -0.497 e. The van der Waals surface area contributed by atoms with E-state index >= 15 is 0 Å². The van der Waals surface area contributed by atoms with Crippen LogP contribution < -0.4 is 14.4 Å². The summed E-state index contributed by atoms with van der Waals surface area (Å²) in [5, 5.41) is 2.57. The fourth-order valence-corrected chi connectivity index (χ4v) is 5.30. The zero-order valence-corrected chi connectivity index (χ0v) is 22.4. The predicted octanol–water partition coefficient (Wildman–Crippen LogP) is 3.62. The van der Waals surface area contributed by atoms with Crippen molar-refractivity contribution in [1.82, 2.24) is 10.2 Å². The number of anilines is 1. The van der Waals surface area contributed by atoms with E-state index < -0.39 is 28.5 Å². The first-order valence-electron chi connectivity index (χ1n) is 12.0. The van der Waals surface area contributed by atoms with Crippen molar-refractivity contribution in [3.05, 3.63) is 90.0 Å². The molecule has 0 bridgehead atoms. The number of benzene rings is 3. The smallest absolute Gasteiger partial charge is 0.264 e. The Balaban J connectivity index is 2.00. The Kier molecular flexibility index (Phi) is 9.30. The topological polar surface area (TPSA) is 96.0 Å². The molecule has 0 aliphatic carbocycles. The Hall–Kier alpha value is -3.85. The quantitative estimate of drug-likeness (QED) is 0.414. The second kappa shape index (κ2) is 12.4. The number of likely N-dealkylation sites (N-methyl/N-ethyl adjacent to an activating group) is 1.